The number of nitrogens with zero attached hydrogens (tertiary/aromatic N) is 1. The lowest BCUT2D eigenvalue weighted by atomic mass is 9.49. The molecule has 0 radical (unpaired) electrons. The molecule has 29 heavy (non-hydrogen) atoms. The van der Waals surface area contributed by atoms with Crippen LogP contribution in [0.25, 0.3) is 0 Å². The molecule has 2 bridgehead atoms. The summed E-state index contributed by atoms with van der Waals surface area (Å²) in [5, 5.41) is 21.2. The number of benzene rings is 1. The van der Waals surface area contributed by atoms with Crippen LogP contribution < -0.4 is 4.74 Å². The molecule has 0 spiro atoms. The van der Waals surface area contributed by atoms with Gasteiger partial charge in [-0.25, -0.2) is 0 Å². The fraction of sp³-hybridized carbons (Fsp3) is 0.750. The molecular weight excluding hydrogens is 386 g/mol. The molecule has 162 valence electrons. The van der Waals surface area contributed by atoms with Crippen molar-refractivity contribution in [2.24, 2.45) is 5.92 Å². The zero-order chi connectivity index (χ0) is 19.2. The largest absolute Gasteiger partial charge is 0.493 e. The monoisotopic (exact) mass is 421 g/mol. The molecule has 4 nitrogen and oxygen atoms in total. The number of likely N-dealkylation sites (tertiary alicyclic amines) is 1. The molecule has 5 rings (SSSR count). The van der Waals surface area contributed by atoms with E-state index in [1.807, 2.05) is 0 Å². The minimum atomic E-state index is -0.593. The van der Waals surface area contributed by atoms with E-state index in [0.717, 1.165) is 50.3 Å². The molecular formula is C24H36ClNO3. The second-order valence-electron chi connectivity index (χ2n) is 9.72. The summed E-state index contributed by atoms with van der Waals surface area (Å²) in [6.45, 7) is 3.01. The number of piperidine rings is 1. The van der Waals surface area contributed by atoms with E-state index in [1.165, 1.54) is 43.4 Å². The minimum absolute atomic E-state index is 0. The predicted octanol–water partition coefficient (Wildman–Crippen LogP) is 3.84. The van der Waals surface area contributed by atoms with Crippen molar-refractivity contribution in [1.29, 1.82) is 0 Å². The first-order chi connectivity index (χ1) is 13.7. The molecule has 1 heterocycles. The van der Waals surface area contributed by atoms with Gasteiger partial charge in [0.05, 0.1) is 12.2 Å². The third-order valence-electron chi connectivity index (χ3n) is 8.36. The molecule has 2 saturated carbocycles. The summed E-state index contributed by atoms with van der Waals surface area (Å²) in [4.78, 5) is 2.65. The van der Waals surface area contributed by atoms with Gasteiger partial charge in [-0.2, -0.15) is 0 Å². The molecule has 1 aromatic carbocycles. The normalized spacial score (nSPS) is 33.8. The van der Waals surface area contributed by atoms with Crippen molar-refractivity contribution in [2.45, 2.75) is 81.3 Å². The van der Waals surface area contributed by atoms with Gasteiger partial charge >= 0.3 is 0 Å². The van der Waals surface area contributed by atoms with Crippen LogP contribution in [0.2, 0.25) is 0 Å². The van der Waals surface area contributed by atoms with Crippen LogP contribution in [0.15, 0.2) is 18.2 Å². The second-order valence-corrected chi connectivity index (χ2v) is 9.72. The first-order valence-corrected chi connectivity index (χ1v) is 11.5. The molecule has 1 aromatic rings. The Morgan fingerprint density at radius 3 is 2.69 bits per heavy atom. The molecule has 2 N–H and O–H groups in total. The fourth-order valence-corrected chi connectivity index (χ4v) is 6.65. The van der Waals surface area contributed by atoms with Gasteiger partial charge in [-0.15, -0.1) is 12.4 Å². The molecule has 0 amide bonds. The van der Waals surface area contributed by atoms with E-state index in [9.17, 15) is 5.11 Å². The average Bonchev–Trinajstić information content (AvgIpc) is 2.66. The lowest BCUT2D eigenvalue weighted by molar-refractivity contribution is -0.169. The Kier molecular flexibility index (Phi) is 6.19. The highest BCUT2D eigenvalue weighted by molar-refractivity contribution is 5.85. The van der Waals surface area contributed by atoms with Crippen molar-refractivity contribution in [3.8, 4) is 5.75 Å². The summed E-state index contributed by atoms with van der Waals surface area (Å²) in [5.41, 5.74) is 2.08. The predicted molar refractivity (Wildman–Crippen MR) is 117 cm³/mol. The zero-order valence-corrected chi connectivity index (χ0v) is 18.3. The van der Waals surface area contributed by atoms with E-state index < -0.39 is 5.60 Å². The average molecular weight is 422 g/mol. The van der Waals surface area contributed by atoms with Crippen molar-refractivity contribution >= 4 is 12.4 Å². The smallest absolute Gasteiger partial charge is 0.119 e. The van der Waals surface area contributed by atoms with Crippen molar-refractivity contribution < 1.29 is 14.9 Å². The van der Waals surface area contributed by atoms with Crippen molar-refractivity contribution in [2.75, 3.05) is 26.3 Å². The molecule has 3 fully saturated rings. The van der Waals surface area contributed by atoms with Crippen molar-refractivity contribution in [3.05, 3.63) is 29.3 Å². The molecule has 1 aliphatic heterocycles. The van der Waals surface area contributed by atoms with Crippen LogP contribution in [0.3, 0.4) is 0 Å². The quantitative estimate of drug-likeness (QED) is 0.685. The van der Waals surface area contributed by atoms with Gasteiger partial charge in [-0.05, 0) is 74.2 Å². The van der Waals surface area contributed by atoms with Crippen LogP contribution in [0, 0.1) is 5.92 Å². The number of halogens is 1. The summed E-state index contributed by atoms with van der Waals surface area (Å²) in [5.74, 6) is 1.74. The van der Waals surface area contributed by atoms with E-state index in [4.69, 9.17) is 9.84 Å². The van der Waals surface area contributed by atoms with Gasteiger partial charge in [0.2, 0.25) is 0 Å². The van der Waals surface area contributed by atoms with Gasteiger partial charge < -0.3 is 14.9 Å². The summed E-state index contributed by atoms with van der Waals surface area (Å²) in [6.07, 6.45) is 11.2. The van der Waals surface area contributed by atoms with Crippen LogP contribution in [0.4, 0.5) is 0 Å². The molecule has 0 aromatic heterocycles. The van der Waals surface area contributed by atoms with E-state index in [1.54, 1.807) is 0 Å². The first kappa shape index (κ1) is 21.4. The maximum atomic E-state index is 12.2. The Balaban J connectivity index is 0.00000205. The number of ether oxygens (including phenoxy) is 1. The Hall–Kier alpha value is -0.810. The Morgan fingerprint density at radius 2 is 1.93 bits per heavy atom. The molecule has 5 heteroatoms. The number of aliphatic hydroxyl groups is 2. The summed E-state index contributed by atoms with van der Waals surface area (Å²) in [7, 11) is 0. The van der Waals surface area contributed by atoms with E-state index in [-0.39, 0.29) is 30.5 Å². The van der Waals surface area contributed by atoms with Gasteiger partial charge in [-0.1, -0.05) is 25.3 Å². The number of hydrogen-bond donors (Lipinski definition) is 2. The van der Waals surface area contributed by atoms with Gasteiger partial charge in [-0.3, -0.25) is 4.90 Å². The van der Waals surface area contributed by atoms with Gasteiger partial charge in [0.1, 0.15) is 5.75 Å². The SMILES string of the molecule is Cl.OCCCOc1ccc2c(c1)[C@@]13CCCC[C@@]1(O)[C@@H](C2)N(CC1CCC1)CC3. The summed E-state index contributed by atoms with van der Waals surface area (Å²) < 4.78 is 5.90. The van der Waals surface area contributed by atoms with E-state index in [2.05, 4.69) is 23.1 Å². The Labute approximate surface area is 181 Å². The number of aliphatic hydroxyl groups excluding tert-OH is 1. The number of fused-ring (bicyclic) bond motifs is 1. The number of rotatable bonds is 6. The van der Waals surface area contributed by atoms with Crippen LogP contribution in [-0.4, -0.2) is 53.1 Å². The number of hydrogen-bond acceptors (Lipinski definition) is 4. The van der Waals surface area contributed by atoms with E-state index in [0.29, 0.717) is 13.0 Å². The van der Waals surface area contributed by atoms with Crippen molar-refractivity contribution in [1.82, 2.24) is 4.90 Å². The first-order valence-electron chi connectivity index (χ1n) is 11.5. The standard InChI is InChI=1S/C24H35NO3.ClH/c26-13-4-14-28-20-8-7-19-15-22-24(27)10-2-1-9-23(24,21(19)16-20)11-12-25(22)17-18-5-3-6-18;/h7-8,16,18,22,26-27H,1-6,9-15,17H2;1H/t22-,23+,24-;/m1./s1. The third kappa shape index (κ3) is 3.40. The fourth-order valence-electron chi connectivity index (χ4n) is 6.65. The van der Waals surface area contributed by atoms with Crippen LogP contribution in [-0.2, 0) is 11.8 Å². The lowest BCUT2D eigenvalue weighted by Gasteiger charge is -2.64. The van der Waals surface area contributed by atoms with Crippen LogP contribution in [0.1, 0.15) is 68.9 Å². The maximum absolute atomic E-state index is 12.2. The van der Waals surface area contributed by atoms with Gasteiger partial charge in [0.25, 0.3) is 0 Å². The van der Waals surface area contributed by atoms with E-state index >= 15 is 0 Å². The molecule has 1 saturated heterocycles. The Bertz CT molecular complexity index is 724. The second kappa shape index (κ2) is 8.37. The zero-order valence-electron chi connectivity index (χ0n) is 17.4. The summed E-state index contributed by atoms with van der Waals surface area (Å²) >= 11 is 0. The van der Waals surface area contributed by atoms with Crippen molar-refractivity contribution in [3.63, 3.8) is 0 Å². The molecule has 3 aliphatic carbocycles. The van der Waals surface area contributed by atoms with Crippen LogP contribution in [0.5, 0.6) is 5.75 Å². The molecule has 3 atom stereocenters. The highest BCUT2D eigenvalue weighted by atomic mass is 35.5. The Morgan fingerprint density at radius 1 is 1.10 bits per heavy atom. The highest BCUT2D eigenvalue weighted by Crippen LogP contribution is 2.58. The molecule has 0 unspecified atom stereocenters. The van der Waals surface area contributed by atoms with Gasteiger partial charge in [0.15, 0.2) is 0 Å². The third-order valence-corrected chi connectivity index (χ3v) is 8.36. The lowest BCUT2D eigenvalue weighted by Crippen LogP contribution is -2.72. The highest BCUT2D eigenvalue weighted by Gasteiger charge is 2.63. The van der Waals surface area contributed by atoms with Gasteiger partial charge in [0, 0.05) is 31.0 Å². The van der Waals surface area contributed by atoms with Crippen LogP contribution >= 0.6 is 12.4 Å². The minimum Gasteiger partial charge on any atom is -0.493 e. The molecule has 4 aliphatic rings. The summed E-state index contributed by atoms with van der Waals surface area (Å²) in [6, 6.07) is 6.84. The maximum Gasteiger partial charge on any atom is 0.119 e. The topological polar surface area (TPSA) is 52.9 Å².